The van der Waals surface area contributed by atoms with Gasteiger partial charge in [-0.1, -0.05) is 0 Å². The molecule has 5 nitrogen and oxygen atoms in total. The van der Waals surface area contributed by atoms with E-state index in [4.69, 9.17) is 4.74 Å². The van der Waals surface area contributed by atoms with Crippen molar-refractivity contribution in [3.05, 3.63) is 27.8 Å². The summed E-state index contributed by atoms with van der Waals surface area (Å²) in [5.41, 5.74) is 0. The van der Waals surface area contributed by atoms with E-state index in [1.54, 1.807) is 0 Å². The van der Waals surface area contributed by atoms with Crippen molar-refractivity contribution in [1.29, 1.82) is 0 Å². The lowest BCUT2D eigenvalue weighted by Crippen LogP contribution is -2.44. The maximum atomic E-state index is 9.82. The zero-order valence-electron chi connectivity index (χ0n) is 11.0. The smallest absolute Gasteiger partial charge is 0.191 e. The van der Waals surface area contributed by atoms with Gasteiger partial charge in [0.25, 0.3) is 0 Å². The Balaban J connectivity index is 0.00000200. The quantitative estimate of drug-likeness (QED) is 0.535. The molecule has 0 radical (unpaired) electrons. The van der Waals surface area contributed by atoms with Gasteiger partial charge in [0.05, 0.1) is 0 Å². The molecule has 2 rings (SSSR count). The van der Waals surface area contributed by atoms with Crippen LogP contribution >= 0.6 is 46.6 Å². The fourth-order valence-electron chi connectivity index (χ4n) is 1.65. The first-order valence-electron chi connectivity index (χ1n) is 6.32. The third kappa shape index (κ3) is 6.44. The number of nitrogens with zero attached hydrogens (tertiary/aromatic N) is 1. The first-order chi connectivity index (χ1) is 9.24. The lowest BCUT2D eigenvalue weighted by molar-refractivity contribution is 0.110. The number of nitrogens with one attached hydrogen (secondary N) is 2. The van der Waals surface area contributed by atoms with E-state index in [0.717, 1.165) is 34.8 Å². The van der Waals surface area contributed by atoms with E-state index in [-0.39, 0.29) is 30.6 Å². The van der Waals surface area contributed by atoms with Crippen molar-refractivity contribution < 1.29 is 9.84 Å². The van der Waals surface area contributed by atoms with Gasteiger partial charge in [0, 0.05) is 23.2 Å². The van der Waals surface area contributed by atoms with Crippen molar-refractivity contribution in [2.45, 2.75) is 12.5 Å². The van der Waals surface area contributed by atoms with E-state index in [9.17, 15) is 5.11 Å². The van der Waals surface area contributed by atoms with E-state index in [0.29, 0.717) is 6.54 Å². The molecule has 0 amide bonds. The van der Waals surface area contributed by atoms with Gasteiger partial charge in [0.1, 0.15) is 18.5 Å². The summed E-state index contributed by atoms with van der Waals surface area (Å²) in [7, 11) is 0. The number of hydrogen-bond donors (Lipinski definition) is 3. The average Bonchev–Trinajstić information content (AvgIpc) is 2.45. The minimum Gasteiger partial charge on any atom is -0.491 e. The fourth-order valence-corrected chi connectivity index (χ4v) is 2.01. The second-order valence-electron chi connectivity index (χ2n) is 4.31. The number of aliphatic hydroxyl groups excluding tert-OH is 1. The topological polar surface area (TPSA) is 65.9 Å². The molecule has 112 valence electrons. The molecule has 1 aliphatic rings. The van der Waals surface area contributed by atoms with Gasteiger partial charge in [-0.3, -0.25) is 4.99 Å². The van der Waals surface area contributed by atoms with Gasteiger partial charge >= 0.3 is 0 Å². The molecule has 0 saturated carbocycles. The number of aliphatic hydroxyl groups is 1. The molecule has 1 atom stereocenters. The van der Waals surface area contributed by atoms with Crippen molar-refractivity contribution in [2.24, 2.45) is 4.99 Å². The first-order valence-corrected chi connectivity index (χ1v) is 7.40. The Morgan fingerprint density at radius 1 is 1.40 bits per heavy atom. The molecular formula is C13H19I2N3O2. The molecule has 1 aliphatic heterocycles. The van der Waals surface area contributed by atoms with Gasteiger partial charge in [-0.05, 0) is 53.3 Å². The summed E-state index contributed by atoms with van der Waals surface area (Å²) < 4.78 is 6.67. The first kappa shape index (κ1) is 17.8. The van der Waals surface area contributed by atoms with Crippen LogP contribution in [0, 0.1) is 3.57 Å². The van der Waals surface area contributed by atoms with E-state index in [1.165, 1.54) is 0 Å². The van der Waals surface area contributed by atoms with Crippen LogP contribution in [-0.2, 0) is 0 Å². The predicted molar refractivity (Wildman–Crippen MR) is 99.0 cm³/mol. The summed E-state index contributed by atoms with van der Waals surface area (Å²) in [6.07, 6.45) is 0.495. The highest BCUT2D eigenvalue weighted by Crippen LogP contribution is 2.13. The Hall–Kier alpha value is -0.290. The normalized spacial score (nSPS) is 15.4. The predicted octanol–water partition coefficient (Wildman–Crippen LogP) is 1.59. The van der Waals surface area contributed by atoms with Crippen LogP contribution < -0.4 is 15.4 Å². The number of benzene rings is 1. The van der Waals surface area contributed by atoms with Gasteiger partial charge in [0.2, 0.25) is 0 Å². The monoisotopic (exact) mass is 503 g/mol. The lowest BCUT2D eigenvalue weighted by Gasteiger charge is -2.18. The molecule has 1 aromatic rings. The Kier molecular flexibility index (Phi) is 8.53. The summed E-state index contributed by atoms with van der Waals surface area (Å²) in [5, 5.41) is 16.0. The van der Waals surface area contributed by atoms with Crippen LogP contribution in [0.4, 0.5) is 0 Å². The maximum Gasteiger partial charge on any atom is 0.191 e. The van der Waals surface area contributed by atoms with Crippen LogP contribution in [0.3, 0.4) is 0 Å². The van der Waals surface area contributed by atoms with Gasteiger partial charge in [-0.15, -0.1) is 24.0 Å². The van der Waals surface area contributed by atoms with Crippen LogP contribution in [0.5, 0.6) is 5.75 Å². The van der Waals surface area contributed by atoms with Crippen molar-refractivity contribution in [3.8, 4) is 5.75 Å². The Bertz CT molecular complexity index is 426. The molecule has 1 aromatic carbocycles. The van der Waals surface area contributed by atoms with E-state index in [2.05, 4.69) is 38.2 Å². The van der Waals surface area contributed by atoms with Crippen LogP contribution in [0.25, 0.3) is 0 Å². The third-order valence-electron chi connectivity index (χ3n) is 2.66. The molecule has 0 bridgehead atoms. The largest absolute Gasteiger partial charge is 0.491 e. The number of ether oxygens (including phenoxy) is 1. The minimum atomic E-state index is -0.564. The Labute approximate surface area is 149 Å². The van der Waals surface area contributed by atoms with Gasteiger partial charge in [-0.25, -0.2) is 0 Å². The molecule has 3 N–H and O–H groups in total. The van der Waals surface area contributed by atoms with Crippen LogP contribution in [0.15, 0.2) is 29.3 Å². The fraction of sp³-hybridized carbons (Fsp3) is 0.462. The van der Waals surface area contributed by atoms with Crippen molar-refractivity contribution in [3.63, 3.8) is 0 Å². The maximum absolute atomic E-state index is 9.82. The molecular weight excluding hydrogens is 484 g/mol. The molecule has 20 heavy (non-hydrogen) atoms. The highest BCUT2D eigenvalue weighted by molar-refractivity contribution is 14.1. The summed E-state index contributed by atoms with van der Waals surface area (Å²) in [4.78, 5) is 4.27. The molecule has 0 spiro atoms. The summed E-state index contributed by atoms with van der Waals surface area (Å²) >= 11 is 2.24. The molecule has 1 heterocycles. The van der Waals surface area contributed by atoms with Crippen LogP contribution in [-0.4, -0.2) is 43.4 Å². The number of rotatable bonds is 5. The molecule has 7 heteroatoms. The van der Waals surface area contributed by atoms with Crippen molar-refractivity contribution in [2.75, 3.05) is 26.2 Å². The van der Waals surface area contributed by atoms with E-state index >= 15 is 0 Å². The average molecular weight is 503 g/mol. The standard InChI is InChI=1S/C13H18IN3O2.HI/c14-10-2-4-12(5-3-10)19-9-11(18)8-17-13-15-6-1-7-16-13;/h2-5,11,18H,1,6-9H2,(H2,15,16,17);1H. The van der Waals surface area contributed by atoms with Gasteiger partial charge in [-0.2, -0.15) is 0 Å². The molecule has 0 aliphatic carbocycles. The highest BCUT2D eigenvalue weighted by atomic mass is 127. The number of halogens is 2. The Morgan fingerprint density at radius 2 is 2.15 bits per heavy atom. The Morgan fingerprint density at radius 3 is 2.80 bits per heavy atom. The van der Waals surface area contributed by atoms with Crippen molar-refractivity contribution >= 4 is 52.5 Å². The molecule has 1 unspecified atom stereocenters. The zero-order chi connectivity index (χ0) is 13.5. The SMILES string of the molecule is I.OC(CNC1=NCCCN1)COc1ccc(I)cc1. The number of hydrogen-bond acceptors (Lipinski definition) is 5. The molecule has 0 aromatic heterocycles. The zero-order valence-corrected chi connectivity index (χ0v) is 15.5. The number of aliphatic imine (C=N–C) groups is 1. The lowest BCUT2D eigenvalue weighted by atomic mass is 10.3. The van der Waals surface area contributed by atoms with Gasteiger partial charge < -0.3 is 20.5 Å². The van der Waals surface area contributed by atoms with E-state index in [1.807, 2.05) is 24.3 Å². The summed E-state index contributed by atoms with van der Waals surface area (Å²) in [6.45, 7) is 2.46. The summed E-state index contributed by atoms with van der Waals surface area (Å²) in [5.74, 6) is 1.53. The van der Waals surface area contributed by atoms with Crippen LogP contribution in [0.1, 0.15) is 6.42 Å². The number of guanidine groups is 1. The van der Waals surface area contributed by atoms with Gasteiger partial charge in [0.15, 0.2) is 5.96 Å². The summed E-state index contributed by atoms with van der Waals surface area (Å²) in [6, 6.07) is 7.74. The second-order valence-corrected chi connectivity index (χ2v) is 5.56. The van der Waals surface area contributed by atoms with Crippen molar-refractivity contribution in [1.82, 2.24) is 10.6 Å². The second kappa shape index (κ2) is 9.61. The highest BCUT2D eigenvalue weighted by Gasteiger charge is 2.08. The third-order valence-corrected chi connectivity index (χ3v) is 3.38. The molecule has 0 fully saturated rings. The van der Waals surface area contributed by atoms with Crippen LogP contribution in [0.2, 0.25) is 0 Å². The minimum absolute atomic E-state index is 0. The van der Waals surface area contributed by atoms with E-state index < -0.39 is 6.10 Å². The molecule has 0 saturated heterocycles.